The van der Waals surface area contributed by atoms with Crippen LogP contribution in [0, 0.1) is 0 Å². The van der Waals surface area contributed by atoms with Crippen molar-refractivity contribution in [2.24, 2.45) is 0 Å². The molecule has 0 fully saturated rings. The zero-order valence-electron chi connectivity index (χ0n) is 14.5. The van der Waals surface area contributed by atoms with Crippen molar-refractivity contribution in [3.05, 3.63) is 0 Å². The highest BCUT2D eigenvalue weighted by molar-refractivity contribution is 7.52. The summed E-state index contributed by atoms with van der Waals surface area (Å²) in [4.78, 5) is 3.42. The average Bonchev–Trinajstić information content (AvgIpc) is 2.04. The molecule has 0 radical (unpaired) electrons. The molecule has 0 aromatic carbocycles. The van der Waals surface area contributed by atoms with Gasteiger partial charge in [0, 0.05) is 6.54 Å². The van der Waals surface area contributed by atoms with E-state index in [9.17, 15) is 4.57 Å². The van der Waals surface area contributed by atoms with Crippen molar-refractivity contribution in [1.82, 2.24) is 4.98 Å². The zero-order valence-corrected chi connectivity index (χ0v) is 18.4. The molecule has 0 saturated carbocycles. The molecule has 9 heteroatoms. The van der Waals surface area contributed by atoms with Crippen LogP contribution in [0.1, 0.15) is 0 Å². The van der Waals surface area contributed by atoms with Gasteiger partial charge in [-0.1, -0.05) is 19.6 Å². The molecule has 1 N–H and O–H groups in total. The fraction of sp³-hybridized carbons (Fsp3) is 1.00. The molecule has 0 bridgehead atoms. The van der Waals surface area contributed by atoms with Crippen LogP contribution in [0.3, 0.4) is 0 Å². The first-order chi connectivity index (χ1) is 8.62. The van der Waals surface area contributed by atoms with Crippen LogP contribution in [0.15, 0.2) is 0 Å². The first-order valence-corrected chi connectivity index (χ1v) is 18.8. The lowest BCUT2D eigenvalue weighted by Crippen LogP contribution is -2.43. The van der Waals surface area contributed by atoms with E-state index in [1.165, 1.54) is 0 Å². The van der Waals surface area contributed by atoms with Gasteiger partial charge in [0.25, 0.3) is 0 Å². The van der Waals surface area contributed by atoms with Gasteiger partial charge in [0.1, 0.15) is 8.24 Å². The summed E-state index contributed by atoms with van der Waals surface area (Å²) in [5, 5.41) is 0. The minimum absolute atomic E-state index is 0.344. The van der Waals surface area contributed by atoms with Gasteiger partial charge < -0.3 is 13.4 Å². The molecule has 122 valence electrons. The molecular formula is C11H32NO4PSi3. The van der Waals surface area contributed by atoms with Gasteiger partial charge in [0.15, 0.2) is 16.6 Å². The standard InChI is InChI=1S/C11H32NO4PSi3/c1-18(2,3)12-10-11-14-17(13,15-19(4,5)6)16-20(7,8)9/h12H,10-11H2,1-9H3. The maximum absolute atomic E-state index is 12.8. The Kier molecular flexibility index (Phi) is 7.59. The summed E-state index contributed by atoms with van der Waals surface area (Å²) in [6.45, 7) is 19.5. The molecule has 20 heavy (non-hydrogen) atoms. The normalized spacial score (nSPS) is 14.7. The van der Waals surface area contributed by atoms with E-state index in [1.807, 2.05) is 39.3 Å². The van der Waals surface area contributed by atoms with Crippen LogP contribution in [-0.2, 0) is 17.5 Å². The van der Waals surface area contributed by atoms with Gasteiger partial charge in [-0.15, -0.1) is 0 Å². The largest absolute Gasteiger partial charge is 0.455 e. The van der Waals surface area contributed by atoms with Crippen LogP contribution in [0.2, 0.25) is 58.9 Å². The van der Waals surface area contributed by atoms with Crippen molar-refractivity contribution < 1.29 is 17.5 Å². The van der Waals surface area contributed by atoms with E-state index < -0.39 is 32.7 Å². The first kappa shape index (κ1) is 20.7. The van der Waals surface area contributed by atoms with Crippen molar-refractivity contribution in [1.29, 1.82) is 0 Å². The predicted octanol–water partition coefficient (Wildman–Crippen LogP) is 4.24. The Balaban J connectivity index is 4.59. The molecule has 5 nitrogen and oxygen atoms in total. The monoisotopic (exact) mass is 357 g/mol. The van der Waals surface area contributed by atoms with E-state index in [-0.39, 0.29) is 0 Å². The highest BCUT2D eigenvalue weighted by Crippen LogP contribution is 2.53. The maximum Gasteiger partial charge on any atom is 0.455 e. The number of hydrogen-bond donors (Lipinski definition) is 1. The molecule has 0 aromatic rings. The Hall–Kier alpha value is 0.721. The number of nitrogens with one attached hydrogen (secondary N) is 1. The summed E-state index contributed by atoms with van der Waals surface area (Å²) in [7, 11) is -8.76. The molecule has 0 aliphatic carbocycles. The molecule has 0 spiro atoms. The van der Waals surface area contributed by atoms with Crippen molar-refractivity contribution in [3.63, 3.8) is 0 Å². The van der Waals surface area contributed by atoms with Crippen LogP contribution in [0.4, 0.5) is 0 Å². The third-order valence-corrected chi connectivity index (χ3v) is 9.76. The van der Waals surface area contributed by atoms with Crippen molar-refractivity contribution in [3.8, 4) is 0 Å². The number of rotatable bonds is 9. The summed E-state index contributed by atoms with van der Waals surface area (Å²) in [5.74, 6) is 0. The van der Waals surface area contributed by atoms with Crippen LogP contribution < -0.4 is 4.98 Å². The topological polar surface area (TPSA) is 56.8 Å². The molecule has 0 amide bonds. The average molecular weight is 358 g/mol. The summed E-state index contributed by atoms with van der Waals surface area (Å²) in [6, 6.07) is 0. The van der Waals surface area contributed by atoms with E-state index in [4.69, 9.17) is 12.9 Å². The molecule has 0 aliphatic rings. The lowest BCUT2D eigenvalue weighted by Gasteiger charge is -2.30. The molecule has 0 rings (SSSR count). The van der Waals surface area contributed by atoms with Gasteiger partial charge >= 0.3 is 7.82 Å². The Morgan fingerprint density at radius 1 is 0.850 bits per heavy atom. The quantitative estimate of drug-likeness (QED) is 0.380. The van der Waals surface area contributed by atoms with Crippen molar-refractivity contribution >= 4 is 32.7 Å². The summed E-state index contributed by atoms with van der Waals surface area (Å²) in [6.07, 6.45) is 0. The third kappa shape index (κ3) is 12.5. The first-order valence-electron chi connectivity index (χ1n) is 7.03. The fourth-order valence-electron chi connectivity index (χ4n) is 1.33. The zero-order chi connectivity index (χ0) is 16.2. The second-order valence-corrected chi connectivity index (χ2v) is 23.8. The minimum Gasteiger partial charge on any atom is -0.335 e. The van der Waals surface area contributed by atoms with E-state index >= 15 is 0 Å². The van der Waals surface area contributed by atoms with E-state index in [2.05, 4.69) is 24.6 Å². The Labute approximate surface area is 127 Å². The molecule has 0 unspecified atom stereocenters. The highest BCUT2D eigenvalue weighted by Gasteiger charge is 2.38. The summed E-state index contributed by atoms with van der Waals surface area (Å²) in [5.41, 5.74) is 0. The van der Waals surface area contributed by atoms with E-state index in [1.54, 1.807) is 0 Å². The highest BCUT2D eigenvalue weighted by atomic mass is 31.2. The molecule has 0 aliphatic heterocycles. The smallest absolute Gasteiger partial charge is 0.335 e. The molecule has 0 aromatic heterocycles. The maximum atomic E-state index is 12.8. The molecular weight excluding hydrogens is 325 g/mol. The van der Waals surface area contributed by atoms with Crippen LogP contribution in [0.5, 0.6) is 0 Å². The second kappa shape index (κ2) is 7.32. The van der Waals surface area contributed by atoms with Crippen LogP contribution in [0.25, 0.3) is 0 Å². The van der Waals surface area contributed by atoms with E-state index in [0.29, 0.717) is 13.2 Å². The van der Waals surface area contributed by atoms with Crippen molar-refractivity contribution in [2.75, 3.05) is 13.2 Å². The number of phosphoric acid groups is 1. The minimum atomic E-state index is -3.45. The van der Waals surface area contributed by atoms with Crippen molar-refractivity contribution in [2.45, 2.75) is 58.9 Å². The van der Waals surface area contributed by atoms with Gasteiger partial charge in [-0.2, -0.15) is 0 Å². The number of hydrogen-bond acceptors (Lipinski definition) is 5. The van der Waals surface area contributed by atoms with E-state index in [0.717, 1.165) is 0 Å². The Bertz CT molecular complexity index is 327. The summed E-state index contributed by atoms with van der Waals surface area (Å²) < 4.78 is 29.7. The van der Waals surface area contributed by atoms with Crippen LogP contribution in [-0.4, -0.2) is 38.0 Å². The van der Waals surface area contributed by atoms with Gasteiger partial charge in [-0.05, 0) is 39.3 Å². The molecule has 0 atom stereocenters. The third-order valence-electron chi connectivity index (χ3n) is 1.78. The second-order valence-electron chi connectivity index (χ2n) is 7.86. The van der Waals surface area contributed by atoms with Gasteiger partial charge in [-0.3, -0.25) is 4.52 Å². The van der Waals surface area contributed by atoms with Crippen LogP contribution >= 0.6 is 7.82 Å². The van der Waals surface area contributed by atoms with Gasteiger partial charge in [0.2, 0.25) is 0 Å². The lowest BCUT2D eigenvalue weighted by atomic mass is 10.8. The Morgan fingerprint density at radius 2 is 1.25 bits per heavy atom. The predicted molar refractivity (Wildman–Crippen MR) is 93.8 cm³/mol. The molecule has 0 saturated heterocycles. The lowest BCUT2D eigenvalue weighted by molar-refractivity contribution is 0.209. The molecule has 0 heterocycles. The fourth-order valence-corrected chi connectivity index (χ4v) is 8.77. The SMILES string of the molecule is C[Si](C)(C)NCCOP(=O)(O[Si](C)(C)C)O[Si](C)(C)C. The Morgan fingerprint density at radius 3 is 1.55 bits per heavy atom. The van der Waals surface area contributed by atoms with Gasteiger partial charge in [-0.25, -0.2) is 4.57 Å². The van der Waals surface area contributed by atoms with Gasteiger partial charge in [0.05, 0.1) is 6.61 Å². The summed E-state index contributed by atoms with van der Waals surface area (Å²) >= 11 is 0.